The Bertz CT molecular complexity index is 1130. The summed E-state index contributed by atoms with van der Waals surface area (Å²) in [6, 6.07) is 1.85. The van der Waals surface area contributed by atoms with Crippen molar-refractivity contribution < 1.29 is 22.7 Å². The van der Waals surface area contributed by atoms with E-state index in [4.69, 9.17) is 4.74 Å². The van der Waals surface area contributed by atoms with Crippen molar-refractivity contribution in [2.75, 3.05) is 34.7 Å². The minimum atomic E-state index is -3.64. The van der Waals surface area contributed by atoms with Crippen molar-refractivity contribution in [1.29, 1.82) is 0 Å². The Labute approximate surface area is 182 Å². The van der Waals surface area contributed by atoms with Gasteiger partial charge in [0, 0.05) is 58.8 Å². The van der Waals surface area contributed by atoms with E-state index < -0.39 is 20.9 Å². The zero-order chi connectivity index (χ0) is 22.9. The number of sulfonamides is 1. The molecular formula is C21H28N4O5S. The summed E-state index contributed by atoms with van der Waals surface area (Å²) in [5.74, 6) is -0.105. The first-order chi connectivity index (χ1) is 14.4. The number of ether oxygens (including phenoxy) is 1. The molecule has 2 atom stereocenters. The van der Waals surface area contributed by atoms with Gasteiger partial charge in [0.1, 0.15) is 11.5 Å². The topological polar surface area (TPSA) is 103 Å². The number of hydrogen-bond acceptors (Lipinski definition) is 5. The van der Waals surface area contributed by atoms with E-state index in [-0.39, 0.29) is 24.2 Å². The summed E-state index contributed by atoms with van der Waals surface area (Å²) in [5, 5.41) is -0.846. The summed E-state index contributed by atoms with van der Waals surface area (Å²) < 4.78 is 33.5. The van der Waals surface area contributed by atoms with Crippen molar-refractivity contribution >= 4 is 21.8 Å². The number of carbonyl (C=O) groups excluding carboxylic acids is 2. The molecule has 10 heteroatoms. The fourth-order valence-electron chi connectivity index (χ4n) is 4.52. The molecule has 0 aromatic carbocycles. The molecule has 1 aromatic heterocycles. The van der Waals surface area contributed by atoms with Crippen LogP contribution in [-0.2, 0) is 19.6 Å². The molecule has 9 nitrogen and oxygen atoms in total. The number of hydrogen-bond donors (Lipinski definition) is 1. The smallest absolute Gasteiger partial charge is 0.270 e. The maximum Gasteiger partial charge on any atom is 0.270 e. The van der Waals surface area contributed by atoms with Crippen LogP contribution >= 0.6 is 0 Å². The quantitative estimate of drug-likeness (QED) is 0.750. The number of likely N-dealkylation sites (N-methyl/N-ethyl adjacent to an activating group) is 2. The largest absolute Gasteiger partial charge is 0.476 e. The standard InChI is InChI=1S/C21H28N4O5S/c1-21(2)20(27)25(6)16-10-12(31(28,29)23(3)4)9-14(18(16)30-21)15-11-24(5)19(26)17-13(15)7-8-22-17/h7-9,12,15,22H,10-11H2,1-6H3. The van der Waals surface area contributed by atoms with Gasteiger partial charge in [0.25, 0.3) is 11.8 Å². The molecule has 0 radical (unpaired) electrons. The molecule has 2 unspecified atom stereocenters. The average molecular weight is 449 g/mol. The molecule has 0 saturated heterocycles. The lowest BCUT2D eigenvalue weighted by Crippen LogP contribution is -2.51. The lowest BCUT2D eigenvalue weighted by molar-refractivity contribution is -0.151. The van der Waals surface area contributed by atoms with E-state index in [0.29, 0.717) is 29.3 Å². The van der Waals surface area contributed by atoms with Gasteiger partial charge in [-0.15, -0.1) is 0 Å². The van der Waals surface area contributed by atoms with Crippen LogP contribution in [0.4, 0.5) is 0 Å². The van der Waals surface area contributed by atoms with Gasteiger partial charge in [-0.3, -0.25) is 9.59 Å². The number of aromatic nitrogens is 1. The van der Waals surface area contributed by atoms with Crippen molar-refractivity contribution in [1.82, 2.24) is 19.1 Å². The molecule has 0 spiro atoms. The van der Waals surface area contributed by atoms with E-state index in [1.54, 1.807) is 45.1 Å². The second-order valence-corrected chi connectivity index (χ2v) is 11.4. The number of fused-ring (bicyclic) bond motifs is 1. The Kier molecular flexibility index (Phi) is 4.86. The van der Waals surface area contributed by atoms with Gasteiger partial charge in [-0.2, -0.15) is 0 Å². The third-order valence-corrected chi connectivity index (χ3v) is 8.39. The summed E-state index contributed by atoms with van der Waals surface area (Å²) in [4.78, 5) is 31.6. The second-order valence-electron chi connectivity index (χ2n) is 8.99. The molecule has 3 heterocycles. The number of nitrogens with one attached hydrogen (secondary N) is 1. The minimum absolute atomic E-state index is 0.114. The van der Waals surface area contributed by atoms with Crippen LogP contribution in [0.5, 0.6) is 0 Å². The number of rotatable bonds is 3. The molecule has 1 aliphatic carbocycles. The normalized spacial score (nSPS) is 26.0. The fraction of sp³-hybridized carbons (Fsp3) is 0.524. The Hall–Kier alpha value is -2.59. The van der Waals surface area contributed by atoms with Crippen LogP contribution < -0.4 is 0 Å². The van der Waals surface area contributed by atoms with Crippen molar-refractivity contribution in [3.05, 3.63) is 46.6 Å². The third-order valence-electron chi connectivity index (χ3n) is 6.30. The van der Waals surface area contributed by atoms with Crippen LogP contribution in [0.2, 0.25) is 0 Å². The molecule has 4 rings (SSSR count). The Morgan fingerprint density at radius 2 is 1.90 bits per heavy atom. The lowest BCUT2D eigenvalue weighted by atomic mass is 9.82. The predicted octanol–water partition coefficient (Wildman–Crippen LogP) is 1.25. The average Bonchev–Trinajstić information content (AvgIpc) is 3.18. The number of nitrogens with zero attached hydrogens (tertiary/aromatic N) is 3. The first-order valence-electron chi connectivity index (χ1n) is 10.1. The first kappa shape index (κ1) is 21.6. The van der Waals surface area contributed by atoms with E-state index in [0.717, 1.165) is 5.56 Å². The van der Waals surface area contributed by atoms with Crippen molar-refractivity contribution in [3.8, 4) is 0 Å². The second kappa shape index (κ2) is 6.96. The summed E-state index contributed by atoms with van der Waals surface area (Å²) in [6.07, 6.45) is 3.58. The van der Waals surface area contributed by atoms with Gasteiger partial charge in [0.15, 0.2) is 5.60 Å². The Balaban J connectivity index is 1.91. The highest BCUT2D eigenvalue weighted by atomic mass is 32.2. The molecule has 0 saturated carbocycles. The minimum Gasteiger partial charge on any atom is -0.476 e. The highest BCUT2D eigenvalue weighted by Gasteiger charge is 2.47. The predicted molar refractivity (Wildman–Crippen MR) is 115 cm³/mol. The van der Waals surface area contributed by atoms with E-state index in [9.17, 15) is 18.0 Å². The molecular weight excluding hydrogens is 420 g/mol. The van der Waals surface area contributed by atoms with Gasteiger partial charge >= 0.3 is 0 Å². The Morgan fingerprint density at radius 1 is 1.23 bits per heavy atom. The van der Waals surface area contributed by atoms with Crippen molar-refractivity contribution in [2.45, 2.75) is 37.0 Å². The van der Waals surface area contributed by atoms with Crippen molar-refractivity contribution in [3.63, 3.8) is 0 Å². The molecule has 0 fully saturated rings. The van der Waals surface area contributed by atoms with Crippen LogP contribution in [0.25, 0.3) is 0 Å². The maximum atomic E-state index is 13.1. The van der Waals surface area contributed by atoms with Gasteiger partial charge in [-0.05, 0) is 25.5 Å². The van der Waals surface area contributed by atoms with E-state index in [1.165, 1.54) is 23.3 Å². The number of amides is 2. The van der Waals surface area contributed by atoms with Crippen molar-refractivity contribution in [2.24, 2.45) is 0 Å². The third kappa shape index (κ3) is 3.20. The van der Waals surface area contributed by atoms with E-state index in [2.05, 4.69) is 4.98 Å². The highest BCUT2D eigenvalue weighted by Crippen LogP contribution is 2.45. The lowest BCUT2D eigenvalue weighted by Gasteiger charge is -2.44. The van der Waals surface area contributed by atoms with Crippen LogP contribution in [0.1, 0.15) is 42.2 Å². The van der Waals surface area contributed by atoms with Gasteiger partial charge in [0.05, 0.1) is 10.9 Å². The summed E-state index contributed by atoms with van der Waals surface area (Å²) in [6.45, 7) is 3.78. The molecule has 2 amide bonds. The molecule has 31 heavy (non-hydrogen) atoms. The molecule has 1 aromatic rings. The highest BCUT2D eigenvalue weighted by molar-refractivity contribution is 7.89. The molecule has 2 aliphatic heterocycles. The molecule has 3 aliphatic rings. The summed E-state index contributed by atoms with van der Waals surface area (Å²) in [5.41, 5.74) is 1.43. The number of carbonyl (C=O) groups is 2. The molecule has 168 valence electrons. The molecule has 1 N–H and O–H groups in total. The monoisotopic (exact) mass is 448 g/mol. The van der Waals surface area contributed by atoms with Crippen LogP contribution in [0.15, 0.2) is 35.4 Å². The molecule has 0 bridgehead atoms. The SMILES string of the molecule is CN1CC(C2=CC(S(=O)(=O)N(C)C)CC3=C2OC(C)(C)C(=O)N3C)c2cc[nH]c2C1=O. The van der Waals surface area contributed by atoms with Gasteiger partial charge in [0.2, 0.25) is 10.0 Å². The van der Waals surface area contributed by atoms with E-state index >= 15 is 0 Å². The van der Waals surface area contributed by atoms with E-state index in [1.807, 2.05) is 6.07 Å². The zero-order valence-corrected chi connectivity index (χ0v) is 19.4. The van der Waals surface area contributed by atoms with Crippen LogP contribution in [-0.4, -0.2) is 84.9 Å². The van der Waals surface area contributed by atoms with Gasteiger partial charge in [-0.25, -0.2) is 12.7 Å². The van der Waals surface area contributed by atoms with Gasteiger partial charge in [-0.1, -0.05) is 6.08 Å². The van der Waals surface area contributed by atoms with Gasteiger partial charge < -0.3 is 19.5 Å². The number of H-pyrrole nitrogens is 1. The zero-order valence-electron chi connectivity index (χ0n) is 18.6. The first-order valence-corrected chi connectivity index (χ1v) is 11.6. The van der Waals surface area contributed by atoms with Crippen LogP contribution in [0.3, 0.4) is 0 Å². The Morgan fingerprint density at radius 3 is 2.55 bits per heavy atom. The summed E-state index contributed by atoms with van der Waals surface area (Å²) >= 11 is 0. The summed E-state index contributed by atoms with van der Waals surface area (Å²) in [7, 11) is 2.73. The maximum absolute atomic E-state index is 13.1. The number of allylic oxidation sites excluding steroid dienone is 2. The number of aromatic amines is 1. The fourth-order valence-corrected chi connectivity index (χ4v) is 5.75. The van der Waals surface area contributed by atoms with Crippen LogP contribution in [0, 0.1) is 0 Å².